The zero-order valence-electron chi connectivity index (χ0n) is 8.63. The zero-order chi connectivity index (χ0) is 10.7. The Hall–Kier alpha value is -0.850. The molecule has 0 aromatic heterocycles. The highest BCUT2D eigenvalue weighted by molar-refractivity contribution is 5.84. The fraction of sp³-hybridized carbons (Fsp3) is 0.889. The number of oxime groups is 1. The molecular formula is C9H17N3O3. The van der Waals surface area contributed by atoms with Crippen molar-refractivity contribution < 1.29 is 14.7 Å². The van der Waals surface area contributed by atoms with E-state index in [9.17, 15) is 0 Å². The summed E-state index contributed by atoms with van der Waals surface area (Å²) >= 11 is 0. The van der Waals surface area contributed by atoms with Crippen LogP contribution in [-0.2, 0) is 9.47 Å². The van der Waals surface area contributed by atoms with Gasteiger partial charge in [-0.3, -0.25) is 4.90 Å². The van der Waals surface area contributed by atoms with Gasteiger partial charge in [0.2, 0.25) is 0 Å². The first kappa shape index (κ1) is 10.7. The first-order valence-electron chi connectivity index (χ1n) is 5.22. The molecular weight excluding hydrogens is 198 g/mol. The summed E-state index contributed by atoms with van der Waals surface area (Å²) in [5.41, 5.74) is 5.53. The quantitative estimate of drug-likeness (QED) is 0.273. The molecule has 6 heteroatoms. The number of amidine groups is 1. The van der Waals surface area contributed by atoms with Crippen LogP contribution in [0.5, 0.6) is 0 Å². The molecule has 0 amide bonds. The minimum absolute atomic E-state index is 0.151. The van der Waals surface area contributed by atoms with Crippen molar-refractivity contribution in [3.8, 4) is 0 Å². The number of nitrogens with two attached hydrogens (primary N) is 1. The Morgan fingerprint density at radius 2 is 2.33 bits per heavy atom. The number of hydrogen-bond donors (Lipinski definition) is 2. The Morgan fingerprint density at radius 1 is 1.47 bits per heavy atom. The fourth-order valence-corrected chi connectivity index (χ4v) is 2.05. The number of hydrogen-bond acceptors (Lipinski definition) is 5. The minimum Gasteiger partial charge on any atom is -0.409 e. The number of nitrogens with zero attached hydrogens (tertiary/aromatic N) is 2. The van der Waals surface area contributed by atoms with Crippen LogP contribution >= 0.6 is 0 Å². The van der Waals surface area contributed by atoms with E-state index in [-0.39, 0.29) is 11.9 Å². The summed E-state index contributed by atoms with van der Waals surface area (Å²) in [7, 11) is 0. The summed E-state index contributed by atoms with van der Waals surface area (Å²) in [5, 5.41) is 11.6. The first-order chi connectivity index (χ1) is 7.31. The van der Waals surface area contributed by atoms with Crippen LogP contribution < -0.4 is 5.73 Å². The van der Waals surface area contributed by atoms with E-state index in [1.165, 1.54) is 0 Å². The summed E-state index contributed by atoms with van der Waals surface area (Å²) in [4.78, 5) is 2.29. The Balaban J connectivity index is 1.91. The van der Waals surface area contributed by atoms with Gasteiger partial charge < -0.3 is 20.4 Å². The number of ether oxygens (including phenoxy) is 2. The van der Waals surface area contributed by atoms with Crippen LogP contribution in [0.3, 0.4) is 0 Å². The number of morpholine rings is 1. The van der Waals surface area contributed by atoms with Crippen molar-refractivity contribution in [3.05, 3.63) is 0 Å². The van der Waals surface area contributed by atoms with E-state index in [0.717, 1.165) is 26.2 Å². The lowest BCUT2D eigenvalue weighted by atomic mass is 10.1. The summed E-state index contributed by atoms with van der Waals surface area (Å²) in [6.07, 6.45) is 0.771. The van der Waals surface area contributed by atoms with Crippen molar-refractivity contribution in [3.63, 3.8) is 0 Å². The van der Waals surface area contributed by atoms with Gasteiger partial charge in [-0.2, -0.15) is 0 Å². The van der Waals surface area contributed by atoms with E-state index in [2.05, 4.69) is 10.1 Å². The Kier molecular flexibility index (Phi) is 3.40. The van der Waals surface area contributed by atoms with Gasteiger partial charge in [-0.05, 0) is 6.42 Å². The van der Waals surface area contributed by atoms with Gasteiger partial charge in [-0.15, -0.1) is 0 Å². The van der Waals surface area contributed by atoms with Gasteiger partial charge in [0.05, 0.1) is 13.2 Å². The molecule has 6 nitrogen and oxygen atoms in total. The molecule has 2 saturated heterocycles. The molecule has 2 rings (SSSR count). The van der Waals surface area contributed by atoms with Crippen molar-refractivity contribution in [2.45, 2.75) is 18.6 Å². The van der Waals surface area contributed by atoms with Crippen LogP contribution in [0.4, 0.5) is 0 Å². The second-order valence-corrected chi connectivity index (χ2v) is 3.90. The Labute approximate surface area is 88.6 Å². The Bertz CT molecular complexity index is 241. The molecule has 2 atom stereocenters. The molecule has 0 aliphatic carbocycles. The second kappa shape index (κ2) is 4.78. The third kappa shape index (κ3) is 2.39. The molecule has 15 heavy (non-hydrogen) atoms. The van der Waals surface area contributed by atoms with Crippen molar-refractivity contribution in [2.75, 3.05) is 32.9 Å². The highest BCUT2D eigenvalue weighted by Gasteiger charge is 2.30. The van der Waals surface area contributed by atoms with Gasteiger partial charge in [-0.1, -0.05) is 5.16 Å². The van der Waals surface area contributed by atoms with Crippen molar-refractivity contribution in [2.24, 2.45) is 10.9 Å². The maximum Gasteiger partial charge on any atom is 0.169 e. The molecule has 0 aromatic rings. The van der Waals surface area contributed by atoms with Crippen LogP contribution in [-0.4, -0.2) is 61.0 Å². The van der Waals surface area contributed by atoms with Gasteiger partial charge in [0.1, 0.15) is 6.10 Å². The molecule has 2 aliphatic rings. The average Bonchev–Trinajstić information content (AvgIpc) is 2.82. The molecule has 0 bridgehead atoms. The monoisotopic (exact) mass is 215 g/mol. The van der Waals surface area contributed by atoms with Crippen LogP contribution in [0.15, 0.2) is 5.16 Å². The van der Waals surface area contributed by atoms with Crippen LogP contribution in [0.25, 0.3) is 0 Å². The molecule has 2 unspecified atom stereocenters. The normalized spacial score (nSPS) is 34.5. The molecule has 86 valence electrons. The van der Waals surface area contributed by atoms with Crippen LogP contribution in [0, 0.1) is 0 Å². The lowest BCUT2D eigenvalue weighted by molar-refractivity contribution is -0.0144. The molecule has 2 heterocycles. The van der Waals surface area contributed by atoms with Gasteiger partial charge in [0, 0.05) is 25.7 Å². The third-order valence-electron chi connectivity index (χ3n) is 2.97. The third-order valence-corrected chi connectivity index (χ3v) is 2.97. The molecule has 2 fully saturated rings. The Morgan fingerprint density at radius 3 is 3.00 bits per heavy atom. The van der Waals surface area contributed by atoms with Crippen molar-refractivity contribution >= 4 is 5.84 Å². The maximum atomic E-state index is 8.58. The van der Waals surface area contributed by atoms with E-state index in [0.29, 0.717) is 19.2 Å². The highest BCUT2D eigenvalue weighted by atomic mass is 16.5. The number of rotatable bonds is 2. The molecule has 0 saturated carbocycles. The van der Waals surface area contributed by atoms with Gasteiger partial charge in [-0.25, -0.2) is 0 Å². The molecule has 2 aliphatic heterocycles. The lowest BCUT2D eigenvalue weighted by Crippen LogP contribution is -2.52. The molecule has 0 radical (unpaired) electrons. The smallest absolute Gasteiger partial charge is 0.169 e. The fourth-order valence-electron chi connectivity index (χ4n) is 2.05. The summed E-state index contributed by atoms with van der Waals surface area (Å²) in [6.45, 7) is 3.81. The summed E-state index contributed by atoms with van der Waals surface area (Å²) in [5.74, 6) is 0.151. The SMILES string of the molecule is NC(=NO)C1CN(C2CCOC2)CCO1. The van der Waals surface area contributed by atoms with Gasteiger partial charge in [0.15, 0.2) is 5.84 Å². The van der Waals surface area contributed by atoms with E-state index >= 15 is 0 Å². The first-order valence-corrected chi connectivity index (χ1v) is 5.22. The van der Waals surface area contributed by atoms with Crippen molar-refractivity contribution in [1.29, 1.82) is 0 Å². The largest absolute Gasteiger partial charge is 0.409 e. The predicted octanol–water partition coefficient (Wildman–Crippen LogP) is -0.777. The molecule has 0 spiro atoms. The molecule has 0 aromatic carbocycles. The van der Waals surface area contributed by atoms with E-state index < -0.39 is 0 Å². The minimum atomic E-state index is -0.288. The maximum absolute atomic E-state index is 8.58. The van der Waals surface area contributed by atoms with Crippen molar-refractivity contribution in [1.82, 2.24) is 4.90 Å². The summed E-state index contributed by atoms with van der Waals surface area (Å²) in [6, 6.07) is 0.461. The lowest BCUT2D eigenvalue weighted by Gasteiger charge is -2.35. The van der Waals surface area contributed by atoms with E-state index in [1.807, 2.05) is 0 Å². The topological polar surface area (TPSA) is 80.3 Å². The van der Waals surface area contributed by atoms with E-state index in [1.54, 1.807) is 0 Å². The van der Waals surface area contributed by atoms with Crippen LogP contribution in [0.2, 0.25) is 0 Å². The van der Waals surface area contributed by atoms with Gasteiger partial charge >= 0.3 is 0 Å². The van der Waals surface area contributed by atoms with Gasteiger partial charge in [0.25, 0.3) is 0 Å². The predicted molar refractivity (Wildman–Crippen MR) is 53.9 cm³/mol. The molecule has 3 N–H and O–H groups in total. The standard InChI is InChI=1S/C9H17N3O3/c10-9(11-13)8-5-12(2-4-15-8)7-1-3-14-6-7/h7-8,13H,1-6H2,(H2,10,11). The summed E-state index contributed by atoms with van der Waals surface area (Å²) < 4.78 is 10.8. The second-order valence-electron chi connectivity index (χ2n) is 3.90. The van der Waals surface area contributed by atoms with E-state index in [4.69, 9.17) is 20.4 Å². The van der Waals surface area contributed by atoms with Crippen LogP contribution in [0.1, 0.15) is 6.42 Å². The average molecular weight is 215 g/mol. The highest BCUT2D eigenvalue weighted by Crippen LogP contribution is 2.16. The zero-order valence-corrected chi connectivity index (χ0v) is 8.63.